The highest BCUT2D eigenvalue weighted by Crippen LogP contribution is 2.51. The molecular weight excluding hydrogens is 303 g/mol. The van der Waals surface area contributed by atoms with Crippen LogP contribution in [-0.4, -0.2) is 47.9 Å². The van der Waals surface area contributed by atoms with Crippen LogP contribution in [0, 0.1) is 5.92 Å². The van der Waals surface area contributed by atoms with E-state index in [1.807, 2.05) is 17.3 Å². The minimum Gasteiger partial charge on any atom is -0.317 e. The van der Waals surface area contributed by atoms with Crippen LogP contribution in [0.2, 0.25) is 0 Å². The van der Waals surface area contributed by atoms with Gasteiger partial charge < -0.3 is 10.6 Å². The largest absolute Gasteiger partial charge is 0.317 e. The van der Waals surface area contributed by atoms with Gasteiger partial charge in [0.2, 0.25) is 0 Å². The van der Waals surface area contributed by atoms with Crippen LogP contribution < -0.4 is 10.6 Å². The van der Waals surface area contributed by atoms with Gasteiger partial charge in [-0.15, -0.1) is 0 Å². The summed E-state index contributed by atoms with van der Waals surface area (Å²) < 4.78 is 14.3. The molecule has 0 saturated carbocycles. The summed E-state index contributed by atoms with van der Waals surface area (Å²) in [6.07, 6.45) is 10.2. The molecule has 1 aliphatic carbocycles. The van der Waals surface area contributed by atoms with Crippen molar-refractivity contribution in [3.63, 3.8) is 0 Å². The van der Waals surface area contributed by atoms with E-state index in [9.17, 15) is 4.39 Å². The highest BCUT2D eigenvalue weighted by Gasteiger charge is 2.60. The number of hydrogen-bond donors (Lipinski definition) is 2. The molecule has 5 heteroatoms. The minimum absolute atomic E-state index is 0.319. The van der Waals surface area contributed by atoms with E-state index in [1.54, 1.807) is 0 Å². The van der Waals surface area contributed by atoms with Crippen LogP contribution in [0.5, 0.6) is 0 Å². The lowest BCUT2D eigenvalue weighted by atomic mass is 9.81. The first-order valence-electron chi connectivity index (χ1n) is 9.26. The van der Waals surface area contributed by atoms with Crippen molar-refractivity contribution in [2.75, 3.05) is 26.2 Å². The van der Waals surface area contributed by atoms with E-state index in [2.05, 4.69) is 27.8 Å². The summed E-state index contributed by atoms with van der Waals surface area (Å²) in [6.45, 7) is 3.72. The molecule has 1 aromatic heterocycles. The second kappa shape index (κ2) is 5.61. The van der Waals surface area contributed by atoms with Gasteiger partial charge in [-0.05, 0) is 55.5 Å². The molecule has 3 aliphatic heterocycles. The Balaban J connectivity index is 1.38. The molecule has 3 unspecified atom stereocenters. The second-order valence-corrected chi connectivity index (χ2v) is 7.87. The average molecular weight is 328 g/mol. The molecule has 5 rings (SSSR count). The molecule has 0 amide bonds. The van der Waals surface area contributed by atoms with Crippen LogP contribution >= 0.6 is 0 Å². The fourth-order valence-corrected chi connectivity index (χ4v) is 4.79. The van der Waals surface area contributed by atoms with Crippen molar-refractivity contribution < 1.29 is 4.39 Å². The molecule has 3 saturated heterocycles. The van der Waals surface area contributed by atoms with Crippen molar-refractivity contribution >= 4 is 6.08 Å². The standard InChI is InChI=1S/C19H25FN4/c20-19-9-15(11-24(19)12-19)14-7-13-1-4-22-10-17(13)18(8-14)23-16-2-5-21-6-3-16/h1,4,7,10,15-16,18,21,23H,2-3,5-6,8-9,11-12H2/t15?,18?,19?,24-/m0/s1. The topological polar surface area (TPSA) is 40.0 Å². The van der Waals surface area contributed by atoms with Crippen molar-refractivity contribution in [1.29, 1.82) is 0 Å². The van der Waals surface area contributed by atoms with Crippen molar-refractivity contribution in [2.24, 2.45) is 5.92 Å². The number of alkyl halides is 1. The number of pyridine rings is 1. The predicted octanol–water partition coefficient (Wildman–Crippen LogP) is 2.25. The number of nitrogens with one attached hydrogen (secondary N) is 2. The van der Waals surface area contributed by atoms with Crippen LogP contribution in [0.4, 0.5) is 4.39 Å². The first-order chi connectivity index (χ1) is 11.7. The highest BCUT2D eigenvalue weighted by molar-refractivity contribution is 5.61. The van der Waals surface area contributed by atoms with Gasteiger partial charge in [0.05, 0.1) is 0 Å². The fraction of sp³-hybridized carbons (Fsp3) is 0.632. The fourth-order valence-electron chi connectivity index (χ4n) is 4.79. The Hall–Kier alpha value is -1.30. The molecule has 2 N–H and O–H groups in total. The Morgan fingerprint density at radius 2 is 2.21 bits per heavy atom. The molecule has 0 radical (unpaired) electrons. The lowest BCUT2D eigenvalue weighted by Crippen LogP contribution is -2.42. The SMILES string of the molecule is FC12CC(C3=Cc4ccncc4C(NC4CCNCC4)C3)C[N@@]1C2. The number of aromatic nitrogens is 1. The number of rotatable bonds is 3. The Bertz CT molecular complexity index is 669. The van der Waals surface area contributed by atoms with Crippen molar-refractivity contribution in [1.82, 2.24) is 20.5 Å². The van der Waals surface area contributed by atoms with E-state index < -0.39 is 5.79 Å². The molecule has 3 fully saturated rings. The molecule has 4 nitrogen and oxygen atoms in total. The van der Waals surface area contributed by atoms with Gasteiger partial charge in [-0.25, -0.2) is 4.39 Å². The Kier molecular flexibility index (Phi) is 3.51. The lowest BCUT2D eigenvalue weighted by Gasteiger charge is -2.34. The molecule has 4 atom stereocenters. The zero-order valence-electron chi connectivity index (χ0n) is 14.0. The number of fused-ring (bicyclic) bond motifs is 2. The summed E-state index contributed by atoms with van der Waals surface area (Å²) in [5.74, 6) is -0.607. The zero-order valence-corrected chi connectivity index (χ0v) is 14.0. The van der Waals surface area contributed by atoms with Crippen LogP contribution in [-0.2, 0) is 0 Å². The zero-order chi connectivity index (χ0) is 16.1. The number of hydrogen-bond acceptors (Lipinski definition) is 4. The smallest absolute Gasteiger partial charge is 0.177 e. The van der Waals surface area contributed by atoms with Crippen LogP contribution in [0.3, 0.4) is 0 Å². The third-order valence-electron chi connectivity index (χ3n) is 6.24. The minimum atomic E-state index is -0.984. The van der Waals surface area contributed by atoms with Gasteiger partial charge >= 0.3 is 0 Å². The van der Waals surface area contributed by atoms with E-state index in [-0.39, 0.29) is 0 Å². The maximum Gasteiger partial charge on any atom is 0.177 e. The Labute approximate surface area is 142 Å². The summed E-state index contributed by atoms with van der Waals surface area (Å²) in [5, 5.41) is 7.30. The summed E-state index contributed by atoms with van der Waals surface area (Å²) in [7, 11) is 0. The molecule has 4 aliphatic rings. The predicted molar refractivity (Wildman–Crippen MR) is 92.1 cm³/mol. The van der Waals surface area contributed by atoms with E-state index in [1.165, 1.54) is 29.5 Å². The maximum atomic E-state index is 14.3. The van der Waals surface area contributed by atoms with Gasteiger partial charge in [0.1, 0.15) is 0 Å². The lowest BCUT2D eigenvalue weighted by molar-refractivity contribution is 0.247. The third kappa shape index (κ3) is 2.59. The summed E-state index contributed by atoms with van der Waals surface area (Å²) in [5.41, 5.74) is 3.99. The van der Waals surface area contributed by atoms with Gasteiger partial charge in [0, 0.05) is 44.0 Å². The number of piperidine rings is 2. The van der Waals surface area contributed by atoms with E-state index in [4.69, 9.17) is 0 Å². The van der Waals surface area contributed by atoms with Crippen LogP contribution in [0.1, 0.15) is 42.9 Å². The molecule has 128 valence electrons. The molecule has 0 aromatic carbocycles. The van der Waals surface area contributed by atoms with Crippen molar-refractivity contribution in [2.45, 2.75) is 43.6 Å². The number of halogens is 1. The first-order valence-corrected chi connectivity index (χ1v) is 9.26. The summed E-state index contributed by atoms with van der Waals surface area (Å²) in [4.78, 5) is 6.33. The van der Waals surface area contributed by atoms with Crippen LogP contribution in [0.25, 0.3) is 6.08 Å². The molecule has 4 heterocycles. The molecule has 1 aromatic rings. The molecular formula is C19H25FN4. The average Bonchev–Trinajstić information content (AvgIpc) is 3.12. The molecule has 0 bridgehead atoms. The maximum absolute atomic E-state index is 14.3. The molecule has 24 heavy (non-hydrogen) atoms. The van der Waals surface area contributed by atoms with Gasteiger partial charge in [0.15, 0.2) is 5.79 Å². The summed E-state index contributed by atoms with van der Waals surface area (Å²) >= 11 is 0. The Morgan fingerprint density at radius 1 is 1.33 bits per heavy atom. The highest BCUT2D eigenvalue weighted by atomic mass is 19.2. The molecule has 0 spiro atoms. The van der Waals surface area contributed by atoms with E-state index >= 15 is 0 Å². The van der Waals surface area contributed by atoms with Crippen LogP contribution in [0.15, 0.2) is 24.0 Å². The quantitative estimate of drug-likeness (QED) is 0.659. The van der Waals surface area contributed by atoms with Gasteiger partial charge in [0.25, 0.3) is 0 Å². The van der Waals surface area contributed by atoms with Gasteiger partial charge in [-0.1, -0.05) is 11.6 Å². The van der Waals surface area contributed by atoms with Crippen molar-refractivity contribution in [3.05, 3.63) is 35.2 Å². The summed E-state index contributed by atoms with van der Waals surface area (Å²) in [6, 6.07) is 2.99. The normalized spacial score (nSPS) is 38.4. The Morgan fingerprint density at radius 3 is 3.00 bits per heavy atom. The van der Waals surface area contributed by atoms with E-state index in [0.29, 0.717) is 31.0 Å². The second-order valence-electron chi connectivity index (χ2n) is 7.87. The van der Waals surface area contributed by atoms with Gasteiger partial charge in [-0.3, -0.25) is 9.88 Å². The third-order valence-corrected chi connectivity index (χ3v) is 6.24. The van der Waals surface area contributed by atoms with E-state index in [0.717, 1.165) is 26.1 Å². The van der Waals surface area contributed by atoms with Gasteiger partial charge in [-0.2, -0.15) is 0 Å². The van der Waals surface area contributed by atoms with Crippen molar-refractivity contribution in [3.8, 4) is 0 Å². The monoisotopic (exact) mass is 328 g/mol. The number of nitrogens with zero attached hydrogens (tertiary/aromatic N) is 2. The first kappa shape index (κ1) is 15.0.